The number of para-hydroxylation sites is 1. The number of nitrogens with zero attached hydrogens (tertiary/aromatic N) is 2. The molecule has 27 heavy (non-hydrogen) atoms. The van der Waals surface area contributed by atoms with Gasteiger partial charge in [0, 0.05) is 15.9 Å². The molecule has 0 fully saturated rings. The second-order valence-corrected chi connectivity index (χ2v) is 7.69. The molecule has 3 heteroatoms. The van der Waals surface area contributed by atoms with Crippen LogP contribution in [0.3, 0.4) is 0 Å². The van der Waals surface area contributed by atoms with Crippen LogP contribution < -0.4 is 0 Å². The largest absolute Gasteiger partial charge is 0.317 e. The molecule has 0 spiro atoms. The molecule has 2 aromatic carbocycles. The van der Waals surface area contributed by atoms with Crippen molar-refractivity contribution in [1.82, 2.24) is 4.57 Å². The van der Waals surface area contributed by atoms with Crippen molar-refractivity contribution in [2.75, 3.05) is 0 Å². The quantitative estimate of drug-likeness (QED) is 0.428. The van der Waals surface area contributed by atoms with E-state index in [9.17, 15) is 5.26 Å². The van der Waals surface area contributed by atoms with Crippen LogP contribution in [0.5, 0.6) is 0 Å². The minimum Gasteiger partial charge on any atom is -0.317 e. The zero-order valence-electron chi connectivity index (χ0n) is 16.2. The first kappa shape index (κ1) is 19.2. The molecule has 0 bridgehead atoms. The first-order chi connectivity index (χ1) is 13.0. The third-order valence-electron chi connectivity index (χ3n) is 4.97. The standard InChI is InChI=1S/C24H23BrN2/c1-5-19-8-6-7-16(2)24(19)27-17(3)13-21(18(27)4)14-22(15-26)20-9-11-23(25)12-10-20/h6-14H,5H2,1-4H3. The summed E-state index contributed by atoms with van der Waals surface area (Å²) in [5.74, 6) is 0. The smallest absolute Gasteiger partial charge is 0.0998 e. The molecule has 0 unspecified atom stereocenters. The van der Waals surface area contributed by atoms with Crippen LogP contribution in [0.1, 0.15) is 40.6 Å². The van der Waals surface area contributed by atoms with E-state index in [0.29, 0.717) is 5.57 Å². The van der Waals surface area contributed by atoms with E-state index in [1.54, 1.807) is 0 Å². The molecule has 136 valence electrons. The molecule has 3 rings (SSSR count). The third kappa shape index (κ3) is 3.77. The Morgan fingerprint density at radius 2 is 1.81 bits per heavy atom. The Hall–Kier alpha value is -2.57. The van der Waals surface area contributed by atoms with Gasteiger partial charge in [0.2, 0.25) is 0 Å². The Morgan fingerprint density at radius 3 is 2.44 bits per heavy atom. The number of benzene rings is 2. The summed E-state index contributed by atoms with van der Waals surface area (Å²) >= 11 is 3.45. The first-order valence-corrected chi connectivity index (χ1v) is 9.91. The summed E-state index contributed by atoms with van der Waals surface area (Å²) in [6.07, 6.45) is 2.98. The number of halogens is 1. The van der Waals surface area contributed by atoms with Gasteiger partial charge >= 0.3 is 0 Å². The van der Waals surface area contributed by atoms with Crippen LogP contribution in [0.25, 0.3) is 17.3 Å². The molecule has 1 aromatic heterocycles. The van der Waals surface area contributed by atoms with Crippen molar-refractivity contribution in [3.05, 3.63) is 86.6 Å². The van der Waals surface area contributed by atoms with Gasteiger partial charge in [0.1, 0.15) is 0 Å². The topological polar surface area (TPSA) is 28.7 Å². The lowest BCUT2D eigenvalue weighted by atomic mass is 10.0. The number of rotatable bonds is 4. The third-order valence-corrected chi connectivity index (χ3v) is 5.50. The molecule has 0 amide bonds. The second kappa shape index (κ2) is 7.98. The van der Waals surface area contributed by atoms with Gasteiger partial charge in [-0.25, -0.2) is 0 Å². The summed E-state index contributed by atoms with van der Waals surface area (Å²) in [5, 5.41) is 9.68. The molecule has 1 heterocycles. The average Bonchev–Trinajstić information content (AvgIpc) is 2.93. The minimum atomic E-state index is 0.670. The van der Waals surface area contributed by atoms with Crippen molar-refractivity contribution in [3.63, 3.8) is 0 Å². The van der Waals surface area contributed by atoms with Crippen molar-refractivity contribution >= 4 is 27.6 Å². The molecule has 0 saturated heterocycles. The van der Waals surface area contributed by atoms with Crippen molar-refractivity contribution in [2.24, 2.45) is 0 Å². The van der Waals surface area contributed by atoms with Gasteiger partial charge in [-0.05, 0) is 73.7 Å². The summed E-state index contributed by atoms with van der Waals surface area (Å²) in [6, 6.07) is 18.8. The maximum Gasteiger partial charge on any atom is 0.0998 e. The monoisotopic (exact) mass is 418 g/mol. The molecule has 2 nitrogen and oxygen atoms in total. The number of nitriles is 1. The number of aryl methyl sites for hydroxylation is 3. The number of allylic oxidation sites excluding steroid dienone is 1. The molecular formula is C24H23BrN2. The molecule has 0 saturated carbocycles. The highest BCUT2D eigenvalue weighted by atomic mass is 79.9. The Bertz CT molecular complexity index is 1050. The molecule has 0 radical (unpaired) electrons. The lowest BCUT2D eigenvalue weighted by molar-refractivity contribution is 0.925. The van der Waals surface area contributed by atoms with E-state index in [0.717, 1.165) is 27.7 Å². The summed E-state index contributed by atoms with van der Waals surface area (Å²) in [5.41, 5.74) is 8.87. The first-order valence-electron chi connectivity index (χ1n) is 9.11. The highest BCUT2D eigenvalue weighted by Crippen LogP contribution is 2.29. The number of aromatic nitrogens is 1. The van der Waals surface area contributed by atoms with Crippen LogP contribution in [-0.4, -0.2) is 4.57 Å². The molecule has 0 aliphatic carbocycles. The summed E-state index contributed by atoms with van der Waals surface area (Å²) in [6.45, 7) is 8.60. The van der Waals surface area contributed by atoms with Crippen LogP contribution in [-0.2, 0) is 6.42 Å². The van der Waals surface area contributed by atoms with E-state index in [-0.39, 0.29) is 0 Å². The van der Waals surface area contributed by atoms with E-state index in [1.165, 1.54) is 22.5 Å². The van der Waals surface area contributed by atoms with E-state index in [2.05, 4.69) is 78.5 Å². The fourth-order valence-electron chi connectivity index (χ4n) is 3.57. The normalized spacial score (nSPS) is 11.5. The molecule has 0 atom stereocenters. The number of hydrogen-bond donors (Lipinski definition) is 0. The van der Waals surface area contributed by atoms with E-state index < -0.39 is 0 Å². The van der Waals surface area contributed by atoms with E-state index in [1.807, 2.05) is 30.3 Å². The average molecular weight is 419 g/mol. The second-order valence-electron chi connectivity index (χ2n) is 6.77. The van der Waals surface area contributed by atoms with Gasteiger partial charge in [0.05, 0.1) is 17.3 Å². The Balaban J connectivity index is 2.15. The van der Waals surface area contributed by atoms with Crippen LogP contribution in [0.2, 0.25) is 0 Å². The predicted molar refractivity (Wildman–Crippen MR) is 117 cm³/mol. The maximum absolute atomic E-state index is 9.68. The fraction of sp³-hybridized carbons (Fsp3) is 0.208. The van der Waals surface area contributed by atoms with Crippen LogP contribution in [0, 0.1) is 32.1 Å². The SMILES string of the molecule is CCc1cccc(C)c1-n1c(C)cc(C=C(C#N)c2ccc(Br)cc2)c1C. The Morgan fingerprint density at radius 1 is 1.11 bits per heavy atom. The Kier molecular flexibility index (Phi) is 5.68. The highest BCUT2D eigenvalue weighted by Gasteiger charge is 2.14. The van der Waals surface area contributed by atoms with Crippen molar-refractivity contribution in [3.8, 4) is 11.8 Å². The summed E-state index contributed by atoms with van der Waals surface area (Å²) in [7, 11) is 0. The Labute approximate surface area is 169 Å². The van der Waals surface area contributed by atoms with Crippen molar-refractivity contribution in [2.45, 2.75) is 34.1 Å². The van der Waals surface area contributed by atoms with Gasteiger partial charge in [0.15, 0.2) is 0 Å². The zero-order valence-corrected chi connectivity index (χ0v) is 17.8. The van der Waals surface area contributed by atoms with Crippen LogP contribution in [0.15, 0.2) is 53.0 Å². The van der Waals surface area contributed by atoms with Gasteiger partial charge in [0.25, 0.3) is 0 Å². The van der Waals surface area contributed by atoms with E-state index in [4.69, 9.17) is 0 Å². The zero-order chi connectivity index (χ0) is 19.6. The lowest BCUT2D eigenvalue weighted by Crippen LogP contribution is -2.05. The van der Waals surface area contributed by atoms with Gasteiger partial charge in [-0.3, -0.25) is 0 Å². The molecule has 3 aromatic rings. The summed E-state index contributed by atoms with van der Waals surface area (Å²) in [4.78, 5) is 0. The van der Waals surface area contributed by atoms with Crippen LogP contribution in [0.4, 0.5) is 0 Å². The molecular weight excluding hydrogens is 396 g/mol. The fourth-order valence-corrected chi connectivity index (χ4v) is 3.83. The van der Waals surface area contributed by atoms with Gasteiger partial charge in [-0.15, -0.1) is 0 Å². The summed E-state index contributed by atoms with van der Waals surface area (Å²) < 4.78 is 3.32. The lowest BCUT2D eigenvalue weighted by Gasteiger charge is -2.17. The van der Waals surface area contributed by atoms with Crippen molar-refractivity contribution < 1.29 is 0 Å². The van der Waals surface area contributed by atoms with Gasteiger partial charge in [-0.1, -0.05) is 53.2 Å². The predicted octanol–water partition coefficient (Wildman–Crippen LogP) is 6.79. The van der Waals surface area contributed by atoms with Crippen molar-refractivity contribution in [1.29, 1.82) is 5.26 Å². The minimum absolute atomic E-state index is 0.670. The molecule has 0 aliphatic rings. The molecule has 0 N–H and O–H groups in total. The van der Waals surface area contributed by atoms with E-state index >= 15 is 0 Å². The number of hydrogen-bond acceptors (Lipinski definition) is 1. The van der Waals surface area contributed by atoms with Gasteiger partial charge in [-0.2, -0.15) is 5.26 Å². The molecule has 0 aliphatic heterocycles. The van der Waals surface area contributed by atoms with Gasteiger partial charge < -0.3 is 4.57 Å². The maximum atomic E-state index is 9.68. The highest BCUT2D eigenvalue weighted by molar-refractivity contribution is 9.10. The van der Waals surface area contributed by atoms with Crippen LogP contribution >= 0.6 is 15.9 Å².